The topological polar surface area (TPSA) is 46.5 Å². The van der Waals surface area contributed by atoms with Crippen LogP contribution >= 0.6 is 35.0 Å². The fourth-order valence-corrected chi connectivity index (χ4v) is 3.90. The van der Waals surface area contributed by atoms with Gasteiger partial charge in [0.05, 0.1) is 5.02 Å². The molecule has 0 spiro atoms. The van der Waals surface area contributed by atoms with E-state index in [-0.39, 0.29) is 12.2 Å². The second-order valence-electron chi connectivity index (χ2n) is 5.68. The van der Waals surface area contributed by atoms with Gasteiger partial charge in [-0.2, -0.15) is 13.2 Å². The predicted octanol–water partition coefficient (Wildman–Crippen LogP) is 5.71. The minimum absolute atomic E-state index is 0.00862. The molecule has 138 valence electrons. The summed E-state index contributed by atoms with van der Waals surface area (Å²) in [5.41, 5.74) is 0.336. The number of hydrogen-bond donors (Lipinski definition) is 1. The van der Waals surface area contributed by atoms with Crippen molar-refractivity contribution in [2.45, 2.75) is 28.5 Å². The first-order chi connectivity index (χ1) is 12.1. The highest BCUT2D eigenvalue weighted by Gasteiger charge is 2.52. The van der Waals surface area contributed by atoms with Crippen LogP contribution in [0.25, 0.3) is 0 Å². The van der Waals surface area contributed by atoms with Crippen molar-refractivity contribution < 1.29 is 27.8 Å². The van der Waals surface area contributed by atoms with E-state index >= 15 is 0 Å². The van der Waals surface area contributed by atoms with Gasteiger partial charge >= 0.3 is 12.1 Å². The summed E-state index contributed by atoms with van der Waals surface area (Å²) in [5.74, 6) is -3.28. The highest BCUT2D eigenvalue weighted by Crippen LogP contribution is 2.43. The molecule has 9 heteroatoms. The molecule has 0 saturated heterocycles. The van der Waals surface area contributed by atoms with Gasteiger partial charge in [-0.25, -0.2) is 0 Å². The highest BCUT2D eigenvalue weighted by molar-refractivity contribution is 7.99. The van der Waals surface area contributed by atoms with Crippen LogP contribution in [0.5, 0.6) is 5.75 Å². The van der Waals surface area contributed by atoms with Crippen molar-refractivity contribution in [1.29, 1.82) is 0 Å². The maximum absolute atomic E-state index is 13.2. The third kappa shape index (κ3) is 4.05. The molecule has 1 aliphatic heterocycles. The van der Waals surface area contributed by atoms with E-state index < -0.39 is 24.2 Å². The molecule has 0 unspecified atom stereocenters. The monoisotopic (exact) mass is 422 g/mol. The number of aliphatic carboxylic acids is 1. The fourth-order valence-electron chi connectivity index (χ4n) is 2.63. The van der Waals surface area contributed by atoms with E-state index in [4.69, 9.17) is 33.0 Å². The number of carbonyl (C=O) groups is 1. The zero-order valence-corrected chi connectivity index (χ0v) is 15.2. The number of carboxylic acids is 1. The third-order valence-corrected chi connectivity index (χ3v) is 5.60. The van der Waals surface area contributed by atoms with Crippen molar-refractivity contribution in [3.8, 4) is 5.75 Å². The second-order valence-corrected chi connectivity index (χ2v) is 7.63. The molecule has 26 heavy (non-hydrogen) atoms. The van der Waals surface area contributed by atoms with E-state index in [1.165, 1.54) is 23.9 Å². The molecule has 0 aliphatic carbocycles. The van der Waals surface area contributed by atoms with Crippen molar-refractivity contribution >= 4 is 40.9 Å². The molecule has 0 fully saturated rings. The molecule has 1 N–H and O–H groups in total. The normalized spacial score (nSPS) is 19.6. The van der Waals surface area contributed by atoms with Gasteiger partial charge in [0.1, 0.15) is 11.7 Å². The number of halogens is 5. The van der Waals surface area contributed by atoms with Gasteiger partial charge in [-0.3, -0.25) is 4.79 Å². The molecule has 2 atom stereocenters. The van der Waals surface area contributed by atoms with Gasteiger partial charge in [-0.05, 0) is 48.4 Å². The van der Waals surface area contributed by atoms with E-state index in [9.17, 15) is 18.0 Å². The third-order valence-electron chi connectivity index (χ3n) is 3.86. The number of alkyl halides is 3. The van der Waals surface area contributed by atoms with Crippen LogP contribution in [0, 0.1) is 5.92 Å². The minimum Gasteiger partial charge on any atom is -0.481 e. The molecule has 0 radical (unpaired) electrons. The van der Waals surface area contributed by atoms with Gasteiger partial charge in [-0.15, -0.1) is 0 Å². The van der Waals surface area contributed by atoms with Gasteiger partial charge in [0.25, 0.3) is 0 Å². The average Bonchev–Trinajstić information content (AvgIpc) is 2.55. The van der Waals surface area contributed by atoms with Crippen molar-refractivity contribution in [3.05, 3.63) is 52.0 Å². The summed E-state index contributed by atoms with van der Waals surface area (Å²) in [6, 6.07) is 9.74. The Balaban J connectivity index is 1.94. The predicted molar refractivity (Wildman–Crippen MR) is 92.3 cm³/mol. The first kappa shape index (κ1) is 19.2. The summed E-state index contributed by atoms with van der Waals surface area (Å²) < 4.78 is 44.6. The molecular formula is C17H11Cl2F3O3S. The number of rotatable bonds is 3. The van der Waals surface area contributed by atoms with Crippen LogP contribution in [0.3, 0.4) is 0 Å². The van der Waals surface area contributed by atoms with Crippen molar-refractivity contribution in [2.24, 2.45) is 5.92 Å². The summed E-state index contributed by atoms with van der Waals surface area (Å²) in [6.07, 6.45) is -7.49. The molecule has 3 nitrogen and oxygen atoms in total. The molecule has 3 rings (SSSR count). The number of fused-ring (bicyclic) bond motifs is 1. The van der Waals surface area contributed by atoms with Crippen molar-refractivity contribution in [1.82, 2.24) is 0 Å². The van der Waals surface area contributed by atoms with Crippen LogP contribution < -0.4 is 4.74 Å². The van der Waals surface area contributed by atoms with Gasteiger partial charge in [0.2, 0.25) is 6.10 Å². The summed E-state index contributed by atoms with van der Waals surface area (Å²) >= 11 is 13.3. The Hall–Kier alpha value is -1.57. The summed E-state index contributed by atoms with van der Waals surface area (Å²) in [4.78, 5) is 12.5. The lowest BCUT2D eigenvalue weighted by atomic mass is 9.90. The van der Waals surface area contributed by atoms with Crippen LogP contribution in [-0.2, 0) is 11.2 Å². The zero-order chi connectivity index (χ0) is 19.1. The van der Waals surface area contributed by atoms with Crippen LogP contribution in [-0.4, -0.2) is 23.4 Å². The number of hydrogen-bond acceptors (Lipinski definition) is 3. The minimum atomic E-state index is -4.79. The first-order valence-corrected chi connectivity index (χ1v) is 8.94. The van der Waals surface area contributed by atoms with E-state index in [1.807, 2.05) is 0 Å². The Labute approximate surface area is 161 Å². The lowest BCUT2D eigenvalue weighted by Gasteiger charge is -2.32. The Morgan fingerprint density at radius 3 is 2.42 bits per heavy atom. The average molecular weight is 423 g/mol. The molecular weight excluding hydrogens is 412 g/mol. The van der Waals surface area contributed by atoms with Gasteiger partial charge in [0, 0.05) is 14.8 Å². The molecule has 1 heterocycles. The lowest BCUT2D eigenvalue weighted by Crippen LogP contribution is -2.47. The first-order valence-electron chi connectivity index (χ1n) is 7.37. The van der Waals surface area contributed by atoms with Crippen molar-refractivity contribution in [2.75, 3.05) is 0 Å². The van der Waals surface area contributed by atoms with Gasteiger partial charge < -0.3 is 9.84 Å². The molecule has 0 amide bonds. The summed E-state index contributed by atoms with van der Waals surface area (Å²) in [7, 11) is 0. The van der Waals surface area contributed by atoms with Gasteiger partial charge in [0.15, 0.2) is 0 Å². The molecule has 1 aliphatic rings. The van der Waals surface area contributed by atoms with Crippen molar-refractivity contribution in [3.63, 3.8) is 0 Å². The largest absolute Gasteiger partial charge is 0.481 e. The quantitative estimate of drug-likeness (QED) is 0.687. The molecule has 0 saturated carbocycles. The van der Waals surface area contributed by atoms with Crippen LogP contribution in [0.4, 0.5) is 13.2 Å². The Morgan fingerprint density at radius 2 is 1.85 bits per heavy atom. The lowest BCUT2D eigenvalue weighted by molar-refractivity contribution is -0.217. The molecule has 0 aromatic heterocycles. The van der Waals surface area contributed by atoms with Crippen LogP contribution in [0.15, 0.2) is 46.2 Å². The highest BCUT2D eigenvalue weighted by atomic mass is 35.5. The number of benzene rings is 2. The van der Waals surface area contributed by atoms with E-state index in [2.05, 4.69) is 0 Å². The van der Waals surface area contributed by atoms with E-state index in [0.29, 0.717) is 20.5 Å². The molecule has 0 bridgehead atoms. The van der Waals surface area contributed by atoms with E-state index in [1.54, 1.807) is 24.3 Å². The SMILES string of the molecule is O=C(O)[C@@H]1Cc2cc(Cl)c(Sc3ccc(Cl)cc3)cc2O[C@@H]1C(F)(F)F. The number of carboxylic acid groups (broad SMARTS) is 1. The summed E-state index contributed by atoms with van der Waals surface area (Å²) in [6.45, 7) is 0. The molecule has 2 aromatic carbocycles. The Kier molecular flexibility index (Phi) is 5.33. The van der Waals surface area contributed by atoms with Gasteiger partial charge in [-0.1, -0.05) is 35.0 Å². The van der Waals surface area contributed by atoms with Crippen LogP contribution in [0.1, 0.15) is 5.56 Å². The second kappa shape index (κ2) is 7.21. The zero-order valence-electron chi connectivity index (χ0n) is 12.9. The smallest absolute Gasteiger partial charge is 0.426 e. The van der Waals surface area contributed by atoms with Crippen LogP contribution in [0.2, 0.25) is 10.0 Å². The number of ether oxygens (including phenoxy) is 1. The Morgan fingerprint density at radius 1 is 1.19 bits per heavy atom. The molecule has 2 aromatic rings. The maximum Gasteiger partial charge on any atom is 0.426 e. The standard InChI is InChI=1S/C17H11Cl2F3O3S/c18-9-1-3-10(4-2-9)26-14-7-13-8(6-12(14)19)5-11(16(23)24)15(25-13)17(20,21)22/h1-4,6-7,11,15H,5H2,(H,23,24)/t11-,15+/m1/s1. The summed E-state index contributed by atoms with van der Waals surface area (Å²) in [5, 5.41) is 9.98. The Bertz CT molecular complexity index is 840. The fraction of sp³-hybridized carbons (Fsp3) is 0.235. The maximum atomic E-state index is 13.2. The van der Waals surface area contributed by atoms with E-state index in [0.717, 1.165) is 4.90 Å².